The first-order chi connectivity index (χ1) is 7.09. The minimum atomic E-state index is -3.38. The van der Waals surface area contributed by atoms with Gasteiger partial charge in [0.05, 0.1) is 0 Å². The largest absolute Gasteiger partial charge is 0.516 e. The first-order valence-electron chi connectivity index (χ1n) is 3.95. The number of para-hydroxylation sites is 1. The van der Waals surface area contributed by atoms with E-state index in [0.717, 1.165) is 0 Å². The predicted molar refractivity (Wildman–Crippen MR) is 44.5 cm³/mol. The lowest BCUT2D eigenvalue weighted by Gasteiger charge is -2.08. The van der Waals surface area contributed by atoms with Gasteiger partial charge in [-0.05, 0) is 12.1 Å². The van der Waals surface area contributed by atoms with Crippen molar-refractivity contribution in [3.63, 3.8) is 0 Å². The summed E-state index contributed by atoms with van der Waals surface area (Å²) in [5.74, 6) is 0.0870. The Hall–Kier alpha value is -1.72. The van der Waals surface area contributed by atoms with E-state index < -0.39 is 18.9 Å². The van der Waals surface area contributed by atoms with Gasteiger partial charge in [0, 0.05) is 0 Å². The normalized spacial score (nSPS) is 12.3. The predicted octanol–water partition coefficient (Wildman–Crippen LogP) is 2.76. The van der Waals surface area contributed by atoms with Gasteiger partial charge < -0.3 is 9.47 Å². The van der Waals surface area contributed by atoms with Gasteiger partial charge >= 0.3 is 18.9 Å². The van der Waals surface area contributed by atoms with Gasteiger partial charge in [0.2, 0.25) is 0 Å². The number of carbonyl (C=O) groups is 1. The van der Waals surface area contributed by atoms with Crippen molar-refractivity contribution in [2.75, 3.05) is 0 Å². The fraction of sp³-hybridized carbons (Fsp3) is 0.222. The van der Waals surface area contributed by atoms with Crippen LogP contribution in [0, 0.1) is 0 Å². The van der Waals surface area contributed by atoms with E-state index in [1.807, 2.05) is 0 Å². The molecule has 0 N–H and O–H groups in total. The maximum absolute atomic E-state index is 12.2. The molecule has 0 heterocycles. The summed E-state index contributed by atoms with van der Waals surface area (Å²) in [6, 6.07) is 7.58. The van der Waals surface area contributed by atoms with Gasteiger partial charge in [-0.3, -0.25) is 0 Å². The summed E-state index contributed by atoms with van der Waals surface area (Å²) in [6.07, 6.45) is -7.86. The minimum absolute atomic E-state index is 0.0870. The van der Waals surface area contributed by atoms with Crippen molar-refractivity contribution < 1.29 is 27.4 Å². The van der Waals surface area contributed by atoms with Crippen molar-refractivity contribution in [2.45, 2.75) is 12.8 Å². The van der Waals surface area contributed by atoms with E-state index in [-0.39, 0.29) is 5.75 Å². The van der Waals surface area contributed by atoms with E-state index in [1.54, 1.807) is 18.2 Å². The van der Waals surface area contributed by atoms with E-state index in [0.29, 0.717) is 0 Å². The van der Waals surface area contributed by atoms with Crippen molar-refractivity contribution >= 4 is 6.16 Å². The van der Waals surface area contributed by atoms with Crippen LogP contribution in [0.15, 0.2) is 30.3 Å². The van der Waals surface area contributed by atoms with Crippen LogP contribution in [0.3, 0.4) is 0 Å². The van der Waals surface area contributed by atoms with Crippen LogP contribution < -0.4 is 4.74 Å². The molecule has 15 heavy (non-hydrogen) atoms. The number of hydrogen-bond acceptors (Lipinski definition) is 3. The Labute approximate surface area is 83.4 Å². The SMILES string of the molecule is O=C(Oc1ccccc1)OC(F)C(F)F. The molecule has 1 aromatic rings. The molecule has 0 radical (unpaired) electrons. The molecular weight excluding hydrogens is 213 g/mol. The quantitative estimate of drug-likeness (QED) is 0.580. The zero-order chi connectivity index (χ0) is 11.3. The summed E-state index contributed by atoms with van der Waals surface area (Å²) in [6.45, 7) is 0. The van der Waals surface area contributed by atoms with Crippen LogP contribution in [0.5, 0.6) is 5.75 Å². The molecular formula is C9H7F3O3. The lowest BCUT2D eigenvalue weighted by molar-refractivity contribution is -0.101. The van der Waals surface area contributed by atoms with Gasteiger partial charge in [-0.25, -0.2) is 13.6 Å². The Morgan fingerprint density at radius 1 is 1.13 bits per heavy atom. The van der Waals surface area contributed by atoms with E-state index in [1.165, 1.54) is 12.1 Å². The number of halogens is 3. The van der Waals surface area contributed by atoms with Crippen molar-refractivity contribution in [3.05, 3.63) is 30.3 Å². The van der Waals surface area contributed by atoms with Crippen LogP contribution in [0.25, 0.3) is 0 Å². The smallest absolute Gasteiger partial charge is 0.395 e. The van der Waals surface area contributed by atoms with Gasteiger partial charge in [0.15, 0.2) is 0 Å². The van der Waals surface area contributed by atoms with Crippen LogP contribution in [-0.4, -0.2) is 18.9 Å². The van der Waals surface area contributed by atoms with Gasteiger partial charge in [0.25, 0.3) is 0 Å². The van der Waals surface area contributed by atoms with Crippen LogP contribution in [0.1, 0.15) is 0 Å². The Morgan fingerprint density at radius 3 is 2.27 bits per heavy atom. The van der Waals surface area contributed by atoms with Crippen LogP contribution in [-0.2, 0) is 4.74 Å². The highest BCUT2D eigenvalue weighted by Gasteiger charge is 2.24. The summed E-state index contributed by atoms with van der Waals surface area (Å²) in [5.41, 5.74) is 0. The molecule has 0 amide bonds. The fourth-order valence-corrected chi connectivity index (χ4v) is 0.752. The van der Waals surface area contributed by atoms with Gasteiger partial charge in [-0.2, -0.15) is 4.39 Å². The average Bonchev–Trinajstić information content (AvgIpc) is 2.18. The second kappa shape index (κ2) is 5.23. The molecule has 0 aliphatic rings. The number of benzene rings is 1. The summed E-state index contributed by atoms with van der Waals surface area (Å²) in [4.78, 5) is 10.7. The van der Waals surface area contributed by atoms with Crippen LogP contribution >= 0.6 is 0 Å². The molecule has 1 atom stereocenters. The number of alkyl halides is 3. The molecule has 0 saturated carbocycles. The molecule has 0 aliphatic carbocycles. The second-order valence-corrected chi connectivity index (χ2v) is 2.47. The molecule has 1 rings (SSSR count). The summed E-state index contributed by atoms with van der Waals surface area (Å²) in [7, 11) is 0. The number of carbonyl (C=O) groups excluding carboxylic acids is 1. The highest BCUT2D eigenvalue weighted by molar-refractivity contribution is 5.63. The van der Waals surface area contributed by atoms with Gasteiger partial charge in [-0.15, -0.1) is 0 Å². The standard InChI is InChI=1S/C9H7F3O3/c10-7(11)8(12)15-9(13)14-6-4-2-1-3-5-6/h1-5,7-8H. The molecule has 1 aromatic carbocycles. The molecule has 0 saturated heterocycles. The van der Waals surface area contributed by atoms with Crippen molar-refractivity contribution in [1.82, 2.24) is 0 Å². The third-order valence-corrected chi connectivity index (χ3v) is 1.35. The zero-order valence-electron chi connectivity index (χ0n) is 7.40. The lowest BCUT2D eigenvalue weighted by atomic mass is 10.3. The molecule has 6 heteroatoms. The van der Waals surface area contributed by atoms with E-state index in [4.69, 9.17) is 0 Å². The van der Waals surface area contributed by atoms with E-state index in [2.05, 4.69) is 9.47 Å². The van der Waals surface area contributed by atoms with E-state index >= 15 is 0 Å². The van der Waals surface area contributed by atoms with Gasteiger partial charge in [-0.1, -0.05) is 18.2 Å². The molecule has 0 aliphatic heterocycles. The topological polar surface area (TPSA) is 35.5 Å². The molecule has 0 spiro atoms. The average molecular weight is 220 g/mol. The Kier molecular flexibility index (Phi) is 3.96. The molecule has 1 unspecified atom stereocenters. The monoisotopic (exact) mass is 220 g/mol. The number of hydrogen-bond donors (Lipinski definition) is 0. The minimum Gasteiger partial charge on any atom is -0.395 e. The molecule has 0 fully saturated rings. The van der Waals surface area contributed by atoms with Crippen molar-refractivity contribution in [2.24, 2.45) is 0 Å². The van der Waals surface area contributed by atoms with Gasteiger partial charge in [0.1, 0.15) is 5.75 Å². The van der Waals surface area contributed by atoms with Crippen LogP contribution in [0.4, 0.5) is 18.0 Å². The fourth-order valence-electron chi connectivity index (χ4n) is 0.752. The third-order valence-electron chi connectivity index (χ3n) is 1.35. The summed E-state index contributed by atoms with van der Waals surface area (Å²) in [5, 5.41) is 0. The first kappa shape index (κ1) is 11.4. The maximum Gasteiger partial charge on any atom is 0.516 e. The molecule has 0 bridgehead atoms. The second-order valence-electron chi connectivity index (χ2n) is 2.47. The summed E-state index contributed by atoms with van der Waals surface area (Å²) < 4.78 is 43.5. The highest BCUT2D eigenvalue weighted by atomic mass is 19.3. The number of rotatable bonds is 3. The highest BCUT2D eigenvalue weighted by Crippen LogP contribution is 2.12. The Bertz CT molecular complexity index is 316. The first-order valence-corrected chi connectivity index (χ1v) is 3.95. The maximum atomic E-state index is 12.2. The summed E-state index contributed by atoms with van der Waals surface area (Å²) >= 11 is 0. The Morgan fingerprint density at radius 2 is 1.73 bits per heavy atom. The van der Waals surface area contributed by atoms with Crippen molar-refractivity contribution in [3.8, 4) is 5.75 Å². The molecule has 3 nitrogen and oxygen atoms in total. The molecule has 0 aromatic heterocycles. The zero-order valence-corrected chi connectivity index (χ0v) is 7.40. The van der Waals surface area contributed by atoms with Crippen LogP contribution in [0.2, 0.25) is 0 Å². The van der Waals surface area contributed by atoms with Crippen molar-refractivity contribution in [1.29, 1.82) is 0 Å². The van der Waals surface area contributed by atoms with E-state index in [9.17, 15) is 18.0 Å². The number of ether oxygens (including phenoxy) is 2. The molecule has 82 valence electrons. The Balaban J connectivity index is 2.43. The third kappa shape index (κ3) is 3.88. The lowest BCUT2D eigenvalue weighted by Crippen LogP contribution is -2.23.